The fraction of sp³-hybridized carbons (Fsp3) is 0.545. The summed E-state index contributed by atoms with van der Waals surface area (Å²) in [7, 11) is -3.08. The van der Waals surface area contributed by atoms with Crippen molar-refractivity contribution in [2.45, 2.75) is 25.6 Å². The number of aromatic nitrogens is 1. The molecule has 1 aromatic heterocycles. The zero-order valence-electron chi connectivity index (χ0n) is 10.5. The van der Waals surface area contributed by atoms with Crippen LogP contribution >= 0.6 is 0 Å². The topological polar surface area (TPSA) is 59.1 Å². The highest BCUT2D eigenvalue weighted by Gasteiger charge is 2.32. The summed E-state index contributed by atoms with van der Waals surface area (Å²) >= 11 is 0. The molecule has 0 bridgehead atoms. The standard InChI is InChI=1S/C11H15F3N2O2S/c1-8(6-7-19(2,17)18)15-10-5-3-4-9(16-10)11(12,13)14/h3-5,8H,6-7H2,1-2H3,(H,15,16). The van der Waals surface area contributed by atoms with Crippen molar-refractivity contribution in [3.8, 4) is 0 Å². The molecule has 1 rings (SSSR count). The zero-order chi connectivity index (χ0) is 14.7. The summed E-state index contributed by atoms with van der Waals surface area (Å²) < 4.78 is 59.3. The third-order valence-electron chi connectivity index (χ3n) is 2.36. The Kier molecular flexibility index (Phi) is 4.78. The lowest BCUT2D eigenvalue weighted by Crippen LogP contribution is -2.21. The van der Waals surface area contributed by atoms with E-state index in [1.807, 2.05) is 0 Å². The molecule has 0 aliphatic heterocycles. The molecule has 0 saturated heterocycles. The van der Waals surface area contributed by atoms with Crippen LogP contribution in [0.25, 0.3) is 0 Å². The minimum absolute atomic E-state index is 0.0277. The molecule has 0 saturated carbocycles. The second-order valence-electron chi connectivity index (χ2n) is 4.37. The average molecular weight is 296 g/mol. The van der Waals surface area contributed by atoms with Gasteiger partial charge >= 0.3 is 6.18 Å². The van der Waals surface area contributed by atoms with Crippen LogP contribution in [0.3, 0.4) is 0 Å². The van der Waals surface area contributed by atoms with Crippen LogP contribution < -0.4 is 5.32 Å². The van der Waals surface area contributed by atoms with E-state index in [9.17, 15) is 21.6 Å². The second-order valence-corrected chi connectivity index (χ2v) is 6.63. The van der Waals surface area contributed by atoms with Gasteiger partial charge in [-0.05, 0) is 25.5 Å². The lowest BCUT2D eigenvalue weighted by atomic mass is 10.2. The molecule has 0 aliphatic rings. The van der Waals surface area contributed by atoms with Gasteiger partial charge in [-0.15, -0.1) is 0 Å². The van der Waals surface area contributed by atoms with Crippen molar-refractivity contribution in [3.05, 3.63) is 23.9 Å². The van der Waals surface area contributed by atoms with Gasteiger partial charge in [-0.2, -0.15) is 13.2 Å². The van der Waals surface area contributed by atoms with Crippen molar-refractivity contribution < 1.29 is 21.6 Å². The van der Waals surface area contributed by atoms with Crippen molar-refractivity contribution in [2.24, 2.45) is 0 Å². The Morgan fingerprint density at radius 1 is 1.37 bits per heavy atom. The van der Waals surface area contributed by atoms with Crippen molar-refractivity contribution in [2.75, 3.05) is 17.3 Å². The Morgan fingerprint density at radius 2 is 2.00 bits per heavy atom. The van der Waals surface area contributed by atoms with Crippen LogP contribution in [0, 0.1) is 0 Å². The van der Waals surface area contributed by atoms with Crippen LogP contribution in [0.2, 0.25) is 0 Å². The third kappa shape index (κ3) is 5.91. The van der Waals surface area contributed by atoms with Gasteiger partial charge in [-0.25, -0.2) is 13.4 Å². The van der Waals surface area contributed by atoms with Gasteiger partial charge in [0.25, 0.3) is 0 Å². The molecule has 1 atom stereocenters. The highest BCUT2D eigenvalue weighted by Crippen LogP contribution is 2.28. The Labute approximate surface area is 110 Å². The maximum absolute atomic E-state index is 12.4. The number of nitrogens with zero attached hydrogens (tertiary/aromatic N) is 1. The highest BCUT2D eigenvalue weighted by molar-refractivity contribution is 7.90. The molecule has 1 N–H and O–H groups in total. The normalized spacial score (nSPS) is 14.2. The van der Waals surface area contributed by atoms with Gasteiger partial charge in [0.15, 0.2) is 0 Å². The second kappa shape index (κ2) is 5.77. The Hall–Kier alpha value is -1.31. The predicted octanol–water partition coefficient (Wildman–Crippen LogP) is 2.34. The zero-order valence-corrected chi connectivity index (χ0v) is 11.3. The number of pyridine rings is 1. The van der Waals surface area contributed by atoms with Gasteiger partial charge < -0.3 is 5.32 Å². The summed E-state index contributed by atoms with van der Waals surface area (Å²) in [4.78, 5) is 3.44. The molecule has 8 heteroatoms. The average Bonchev–Trinajstić information content (AvgIpc) is 2.25. The lowest BCUT2D eigenvalue weighted by Gasteiger charge is -2.15. The number of hydrogen-bond donors (Lipinski definition) is 1. The smallest absolute Gasteiger partial charge is 0.368 e. The molecular weight excluding hydrogens is 281 g/mol. The number of halogens is 3. The van der Waals surface area contributed by atoms with E-state index in [0.717, 1.165) is 12.3 Å². The van der Waals surface area contributed by atoms with Gasteiger partial charge in [-0.1, -0.05) is 6.07 Å². The van der Waals surface area contributed by atoms with Crippen molar-refractivity contribution >= 4 is 15.7 Å². The first-order valence-corrected chi connectivity index (χ1v) is 7.62. The third-order valence-corrected chi connectivity index (χ3v) is 3.33. The quantitative estimate of drug-likeness (QED) is 0.906. The first-order valence-electron chi connectivity index (χ1n) is 5.56. The Balaban J connectivity index is 2.67. The van der Waals surface area contributed by atoms with Gasteiger partial charge in [-0.3, -0.25) is 0 Å². The first-order chi connectivity index (χ1) is 8.58. The summed E-state index contributed by atoms with van der Waals surface area (Å²) in [5.74, 6) is 0.0518. The van der Waals surface area contributed by atoms with E-state index in [-0.39, 0.29) is 17.6 Å². The molecule has 108 valence electrons. The molecule has 1 aromatic rings. The summed E-state index contributed by atoms with van der Waals surface area (Å²) in [6.07, 6.45) is -3.08. The molecule has 0 fully saturated rings. The number of nitrogens with one attached hydrogen (secondary N) is 1. The molecule has 0 spiro atoms. The molecule has 1 unspecified atom stereocenters. The van der Waals surface area contributed by atoms with E-state index in [1.54, 1.807) is 6.92 Å². The molecule has 4 nitrogen and oxygen atoms in total. The van der Waals surface area contributed by atoms with E-state index < -0.39 is 21.7 Å². The van der Waals surface area contributed by atoms with E-state index in [0.29, 0.717) is 6.42 Å². The Morgan fingerprint density at radius 3 is 2.53 bits per heavy atom. The number of hydrogen-bond acceptors (Lipinski definition) is 4. The summed E-state index contributed by atoms with van der Waals surface area (Å²) in [5, 5.41) is 2.75. The van der Waals surface area contributed by atoms with Gasteiger partial charge in [0, 0.05) is 12.3 Å². The van der Waals surface area contributed by atoms with Crippen LogP contribution in [0.1, 0.15) is 19.0 Å². The SMILES string of the molecule is CC(CCS(C)(=O)=O)Nc1cccc(C(F)(F)F)n1. The number of alkyl halides is 3. The van der Waals surface area contributed by atoms with Gasteiger partial charge in [0.05, 0.1) is 5.75 Å². The number of rotatable bonds is 5. The van der Waals surface area contributed by atoms with Gasteiger partial charge in [0.2, 0.25) is 0 Å². The molecule has 0 radical (unpaired) electrons. The molecule has 0 aromatic carbocycles. The van der Waals surface area contributed by atoms with Crippen LogP contribution in [0.4, 0.5) is 19.0 Å². The van der Waals surface area contributed by atoms with Crippen molar-refractivity contribution in [1.29, 1.82) is 0 Å². The predicted molar refractivity (Wildman–Crippen MR) is 66.7 cm³/mol. The van der Waals surface area contributed by atoms with Crippen LogP contribution in [0.5, 0.6) is 0 Å². The minimum Gasteiger partial charge on any atom is -0.368 e. The molecule has 0 amide bonds. The fourth-order valence-corrected chi connectivity index (χ4v) is 2.17. The monoisotopic (exact) mass is 296 g/mol. The largest absolute Gasteiger partial charge is 0.433 e. The maximum atomic E-state index is 12.4. The lowest BCUT2D eigenvalue weighted by molar-refractivity contribution is -0.141. The first kappa shape index (κ1) is 15.7. The van der Waals surface area contributed by atoms with Crippen LogP contribution in [-0.2, 0) is 16.0 Å². The maximum Gasteiger partial charge on any atom is 0.433 e. The van der Waals surface area contributed by atoms with E-state index in [2.05, 4.69) is 10.3 Å². The van der Waals surface area contributed by atoms with Crippen molar-refractivity contribution in [3.63, 3.8) is 0 Å². The van der Waals surface area contributed by atoms with Crippen molar-refractivity contribution in [1.82, 2.24) is 4.98 Å². The van der Waals surface area contributed by atoms with E-state index >= 15 is 0 Å². The summed E-state index contributed by atoms with van der Waals surface area (Å²) in [5.41, 5.74) is -0.979. The van der Waals surface area contributed by atoms with Crippen LogP contribution in [-0.4, -0.2) is 31.5 Å². The number of anilines is 1. The fourth-order valence-electron chi connectivity index (χ4n) is 1.39. The summed E-state index contributed by atoms with van der Waals surface area (Å²) in [6, 6.07) is 3.26. The Bertz CT molecular complexity index is 529. The molecule has 0 aliphatic carbocycles. The van der Waals surface area contributed by atoms with Crippen LogP contribution in [0.15, 0.2) is 18.2 Å². The minimum atomic E-state index is -4.49. The van der Waals surface area contributed by atoms with E-state index in [1.165, 1.54) is 12.1 Å². The molecule has 19 heavy (non-hydrogen) atoms. The molecular formula is C11H15F3N2O2S. The van der Waals surface area contributed by atoms with E-state index in [4.69, 9.17) is 0 Å². The van der Waals surface area contributed by atoms with Gasteiger partial charge in [0.1, 0.15) is 21.3 Å². The number of sulfone groups is 1. The molecule has 1 heterocycles. The highest BCUT2D eigenvalue weighted by atomic mass is 32.2. The summed E-state index contributed by atoms with van der Waals surface area (Å²) in [6.45, 7) is 1.69.